The zero-order valence-electron chi connectivity index (χ0n) is 19.7. The van der Waals surface area contributed by atoms with Crippen LogP contribution in [0.1, 0.15) is 47.0 Å². The molecule has 3 aromatic rings. The highest BCUT2D eigenvalue weighted by molar-refractivity contribution is 6.43. The van der Waals surface area contributed by atoms with Crippen LogP contribution in [0.5, 0.6) is 0 Å². The van der Waals surface area contributed by atoms with E-state index in [9.17, 15) is 19.6 Å². The van der Waals surface area contributed by atoms with E-state index in [4.69, 9.17) is 0 Å². The Balaban J connectivity index is 1.80. The van der Waals surface area contributed by atoms with Gasteiger partial charge >= 0.3 is 7.12 Å². The number of pyridine rings is 2. The minimum atomic E-state index is -1.65. The first-order valence-electron chi connectivity index (χ1n) is 11.5. The average molecular weight is 452 g/mol. The number of carbonyl (C=O) groups excluding carboxylic acids is 2. The number of ketones is 1. The minimum absolute atomic E-state index is 0.0563. The Morgan fingerprint density at radius 3 is 2.00 bits per heavy atom. The molecule has 2 atom stereocenters. The number of hydrogen-bond donors (Lipinski definition) is 3. The van der Waals surface area contributed by atoms with Crippen molar-refractivity contribution in [3.05, 3.63) is 36.7 Å². The third-order valence-corrected chi connectivity index (χ3v) is 5.72. The Morgan fingerprint density at radius 2 is 1.52 bits per heavy atom. The van der Waals surface area contributed by atoms with Gasteiger partial charge in [0, 0.05) is 35.5 Å². The molecule has 0 saturated carbocycles. The van der Waals surface area contributed by atoms with Crippen molar-refractivity contribution in [3.8, 4) is 0 Å². The van der Waals surface area contributed by atoms with E-state index in [-0.39, 0.29) is 36.5 Å². The van der Waals surface area contributed by atoms with Crippen LogP contribution in [0.25, 0.3) is 22.1 Å². The normalized spacial score (nSPS) is 13.6. The van der Waals surface area contributed by atoms with Gasteiger partial charge in [-0.1, -0.05) is 27.7 Å². The van der Waals surface area contributed by atoms with Crippen molar-refractivity contribution in [1.29, 1.82) is 0 Å². The van der Waals surface area contributed by atoms with E-state index in [2.05, 4.69) is 15.3 Å². The molecule has 0 unspecified atom stereocenters. The maximum Gasteiger partial charge on any atom is 0.475 e. The standard InChI is InChI=1S/C24H33BN4O4/c1-15(2)11-17(24(31)28-21(25(32)33)12-16(3)4)13-18(30)14-29-22-19(7-5-9-26-22)20-8-6-10-27-23(20)29/h5-10,15-17,21,32-33H,11-14H2,1-4H3,(H,28,31)/t17-,21+/m1/s1. The second-order valence-electron chi connectivity index (χ2n) is 9.56. The number of aromatic nitrogens is 3. The van der Waals surface area contributed by atoms with Crippen molar-refractivity contribution in [2.45, 2.75) is 59.4 Å². The monoisotopic (exact) mass is 452 g/mol. The molecule has 3 heterocycles. The fourth-order valence-corrected chi connectivity index (χ4v) is 4.33. The molecule has 176 valence electrons. The van der Waals surface area contributed by atoms with Gasteiger partial charge in [0.25, 0.3) is 0 Å². The summed E-state index contributed by atoms with van der Waals surface area (Å²) in [6.07, 6.45) is 4.39. The third kappa shape index (κ3) is 6.18. The molecule has 0 radical (unpaired) electrons. The fraction of sp³-hybridized carbons (Fsp3) is 0.500. The first-order valence-corrected chi connectivity index (χ1v) is 11.5. The van der Waals surface area contributed by atoms with Crippen LogP contribution in [0.2, 0.25) is 0 Å². The first-order chi connectivity index (χ1) is 15.7. The van der Waals surface area contributed by atoms with Crippen molar-refractivity contribution in [3.63, 3.8) is 0 Å². The lowest BCUT2D eigenvalue weighted by Crippen LogP contribution is -2.49. The molecule has 0 aliphatic heterocycles. The van der Waals surface area contributed by atoms with Gasteiger partial charge in [0.1, 0.15) is 11.3 Å². The van der Waals surface area contributed by atoms with Crippen LogP contribution in [-0.2, 0) is 16.1 Å². The lowest BCUT2D eigenvalue weighted by atomic mass is 9.74. The van der Waals surface area contributed by atoms with Gasteiger partial charge in [0.2, 0.25) is 5.91 Å². The van der Waals surface area contributed by atoms with E-state index in [1.807, 2.05) is 52.0 Å². The number of rotatable bonds is 11. The van der Waals surface area contributed by atoms with Gasteiger partial charge in [-0.05, 0) is 48.9 Å². The predicted molar refractivity (Wildman–Crippen MR) is 129 cm³/mol. The van der Waals surface area contributed by atoms with Crippen LogP contribution < -0.4 is 5.32 Å². The van der Waals surface area contributed by atoms with Gasteiger partial charge in [-0.2, -0.15) is 0 Å². The summed E-state index contributed by atoms with van der Waals surface area (Å²) in [6.45, 7) is 7.96. The molecule has 0 aliphatic carbocycles. The van der Waals surface area contributed by atoms with Crippen molar-refractivity contribution < 1.29 is 19.6 Å². The molecule has 0 bridgehead atoms. The second kappa shape index (κ2) is 10.9. The molecule has 0 aliphatic rings. The number of nitrogens with zero attached hydrogens (tertiary/aromatic N) is 3. The van der Waals surface area contributed by atoms with Crippen molar-refractivity contribution in [2.24, 2.45) is 17.8 Å². The van der Waals surface area contributed by atoms with Crippen LogP contribution >= 0.6 is 0 Å². The number of amides is 1. The molecule has 0 spiro atoms. The van der Waals surface area contributed by atoms with Crippen LogP contribution in [0, 0.1) is 17.8 Å². The summed E-state index contributed by atoms with van der Waals surface area (Å²) < 4.78 is 1.80. The zero-order chi connectivity index (χ0) is 24.1. The molecular weight excluding hydrogens is 419 g/mol. The average Bonchev–Trinajstić information content (AvgIpc) is 3.06. The van der Waals surface area contributed by atoms with Gasteiger partial charge in [-0.25, -0.2) is 9.97 Å². The molecule has 33 heavy (non-hydrogen) atoms. The van der Waals surface area contributed by atoms with E-state index >= 15 is 0 Å². The lowest BCUT2D eigenvalue weighted by Gasteiger charge is -2.24. The summed E-state index contributed by atoms with van der Waals surface area (Å²) in [7, 11) is -1.65. The van der Waals surface area contributed by atoms with Crippen molar-refractivity contribution in [1.82, 2.24) is 19.9 Å². The third-order valence-electron chi connectivity index (χ3n) is 5.72. The van der Waals surface area contributed by atoms with Crippen LogP contribution in [-0.4, -0.2) is 49.3 Å². The highest BCUT2D eigenvalue weighted by Crippen LogP contribution is 2.26. The first kappa shape index (κ1) is 24.9. The Hall–Kier alpha value is -2.78. The van der Waals surface area contributed by atoms with E-state index in [0.717, 1.165) is 10.8 Å². The molecule has 1 amide bonds. The Bertz CT molecular complexity index is 1060. The summed E-state index contributed by atoms with van der Waals surface area (Å²) in [6, 6.07) is 7.62. The van der Waals surface area contributed by atoms with Gasteiger partial charge in [0.15, 0.2) is 5.78 Å². The van der Waals surface area contributed by atoms with Crippen LogP contribution in [0.15, 0.2) is 36.7 Å². The summed E-state index contributed by atoms with van der Waals surface area (Å²) in [4.78, 5) is 35.1. The molecule has 3 rings (SSSR count). The molecule has 0 saturated heterocycles. The summed E-state index contributed by atoms with van der Waals surface area (Å²) in [5.41, 5.74) is 1.37. The lowest BCUT2D eigenvalue weighted by molar-refractivity contribution is -0.130. The highest BCUT2D eigenvalue weighted by atomic mass is 16.4. The van der Waals surface area contributed by atoms with E-state index < -0.39 is 19.0 Å². The van der Waals surface area contributed by atoms with E-state index in [1.165, 1.54) is 0 Å². The maximum absolute atomic E-state index is 13.1. The molecular formula is C24H33BN4O4. The van der Waals surface area contributed by atoms with Crippen LogP contribution in [0.4, 0.5) is 0 Å². The van der Waals surface area contributed by atoms with Gasteiger partial charge in [-0.15, -0.1) is 0 Å². The summed E-state index contributed by atoms with van der Waals surface area (Å²) in [5.74, 6) is -1.37. The molecule has 3 aromatic heterocycles. The zero-order valence-corrected chi connectivity index (χ0v) is 19.7. The minimum Gasteiger partial charge on any atom is -0.426 e. The van der Waals surface area contributed by atoms with Crippen molar-refractivity contribution >= 4 is 40.9 Å². The molecule has 8 nitrogen and oxygen atoms in total. The second-order valence-corrected chi connectivity index (χ2v) is 9.56. The van der Waals surface area contributed by atoms with Gasteiger partial charge < -0.3 is 19.9 Å². The number of fused-ring (bicyclic) bond motifs is 3. The number of carbonyl (C=O) groups is 2. The summed E-state index contributed by atoms with van der Waals surface area (Å²) >= 11 is 0. The Labute approximate surface area is 194 Å². The molecule has 3 N–H and O–H groups in total. The van der Waals surface area contributed by atoms with Crippen LogP contribution in [0.3, 0.4) is 0 Å². The quantitative estimate of drug-likeness (QED) is 0.385. The Morgan fingerprint density at radius 1 is 0.970 bits per heavy atom. The van der Waals surface area contributed by atoms with Gasteiger partial charge in [-0.3, -0.25) is 9.59 Å². The van der Waals surface area contributed by atoms with E-state index in [0.29, 0.717) is 24.1 Å². The molecule has 9 heteroatoms. The number of Topliss-reactive ketones (excluding diaryl/α,β-unsaturated/α-hetero) is 1. The smallest absolute Gasteiger partial charge is 0.426 e. The maximum atomic E-state index is 13.1. The van der Waals surface area contributed by atoms with E-state index in [1.54, 1.807) is 17.0 Å². The SMILES string of the molecule is CC(C)C[C@H](CC(=O)Cn1c2ncccc2c2cccnc21)C(=O)N[C@@H](CC(C)C)B(O)O. The molecule has 0 fully saturated rings. The highest BCUT2D eigenvalue weighted by Gasteiger charge is 2.30. The largest absolute Gasteiger partial charge is 0.475 e. The number of hydrogen-bond acceptors (Lipinski definition) is 6. The Kier molecular flexibility index (Phi) is 8.21. The summed E-state index contributed by atoms with van der Waals surface area (Å²) in [5, 5.41) is 24.0. The van der Waals surface area contributed by atoms with Crippen molar-refractivity contribution in [2.75, 3.05) is 0 Å². The predicted octanol–water partition coefficient (Wildman–Crippen LogP) is 2.75. The fourth-order valence-electron chi connectivity index (χ4n) is 4.33. The number of nitrogens with one attached hydrogen (secondary N) is 1. The topological polar surface area (TPSA) is 117 Å². The van der Waals surface area contributed by atoms with Gasteiger partial charge in [0.05, 0.1) is 12.5 Å². The molecule has 0 aromatic carbocycles.